The molecule has 2 aliphatic rings. The Morgan fingerprint density at radius 3 is 0.591 bits per heavy atom. The van der Waals surface area contributed by atoms with Crippen molar-refractivity contribution in [2.24, 2.45) is 0 Å². The number of hydrogen-bond acceptors (Lipinski definition) is 3. The second-order valence-electron chi connectivity index (χ2n) is 3.86. The van der Waals surface area contributed by atoms with E-state index in [1.165, 1.54) is 0 Å². The molecule has 15 heteroatoms. The molecule has 1 aliphatic carbocycles. The molecule has 0 aromatic heterocycles. The van der Waals surface area contributed by atoms with E-state index in [-0.39, 0.29) is 0 Å². The van der Waals surface area contributed by atoms with Crippen LogP contribution in [0, 0.1) is 0 Å². The Morgan fingerprint density at radius 1 is 0.455 bits per heavy atom. The Labute approximate surface area is 110 Å². The van der Waals surface area contributed by atoms with Crippen molar-refractivity contribution >= 4 is 6.16 Å². The van der Waals surface area contributed by atoms with E-state index in [9.17, 15) is 52.7 Å². The third kappa shape index (κ3) is 1.82. The van der Waals surface area contributed by atoms with Crippen molar-refractivity contribution in [2.75, 3.05) is 0 Å². The molecule has 0 spiro atoms. The van der Waals surface area contributed by atoms with Crippen molar-refractivity contribution in [1.29, 1.82) is 0 Å². The van der Waals surface area contributed by atoms with Gasteiger partial charge in [0.2, 0.25) is 0 Å². The molecule has 1 saturated carbocycles. The molecule has 0 unspecified atom stereocenters. The topological polar surface area (TPSA) is 42.1 Å². The fourth-order valence-electron chi connectivity index (χ4n) is 1.20. The summed E-state index contributed by atoms with van der Waals surface area (Å²) in [5.41, 5.74) is 0. The molecule has 2 rings (SSSR count). The first-order valence-electron chi connectivity index (χ1n) is 4.55. The Bertz CT molecular complexity index is 360. The smallest absolute Gasteiger partial charge is 0.197 e. The average Bonchev–Trinajstić information content (AvgIpc) is 3.09. The summed E-state index contributed by atoms with van der Waals surface area (Å²) in [5, 5.41) is 0. The summed E-state index contributed by atoms with van der Waals surface area (Å²) in [5.74, 6) is -44.1. The Balaban J connectivity index is 0.000000519. The number of halogens is 12. The highest BCUT2D eigenvalue weighted by Crippen LogP contribution is 2.69. The van der Waals surface area contributed by atoms with Gasteiger partial charge in [0, 0.05) is 0 Å². The highest BCUT2D eigenvalue weighted by atomic mass is 19.4. The first-order valence-corrected chi connectivity index (χ1v) is 4.55. The molecular weight excluding hydrogens is 360 g/mol. The first-order chi connectivity index (χ1) is 9.39. The number of rotatable bonds is 0. The Hall–Kier alpha value is -1.57. The van der Waals surface area contributed by atoms with Gasteiger partial charge in [-0.15, -0.1) is 0 Å². The summed E-state index contributed by atoms with van der Waals surface area (Å²) in [6.45, 7) is 0. The minimum atomic E-state index is -7.35. The van der Waals surface area contributed by atoms with Gasteiger partial charge in [-0.05, 0) is 0 Å². The highest BCUT2D eigenvalue weighted by molar-refractivity contribution is 5.66. The van der Waals surface area contributed by atoms with Gasteiger partial charge in [-0.3, -0.25) is 0 Å². The molecule has 1 saturated heterocycles. The van der Waals surface area contributed by atoms with Gasteiger partial charge in [-0.2, -0.15) is 67.3 Å². The van der Waals surface area contributed by atoms with Crippen molar-refractivity contribution < 1.29 is 67.3 Å². The van der Waals surface area contributed by atoms with Crippen LogP contribution in [0.25, 0.3) is 0 Å². The number of hydrogen-bond donors (Lipinski definition) is 0. The zero-order chi connectivity index (χ0) is 18.0. The van der Waals surface area contributed by atoms with Gasteiger partial charge in [0.1, 0.15) is 0 Å². The lowest BCUT2D eigenvalue weighted by atomic mass is 9.80. The van der Waals surface area contributed by atoms with E-state index in [4.69, 9.17) is 4.79 Å². The minimum Gasteiger partial charge on any atom is -0.197 e. The molecule has 22 heavy (non-hydrogen) atoms. The predicted molar refractivity (Wildman–Crippen MR) is 37.2 cm³/mol. The maximum absolute atomic E-state index is 12.3. The third-order valence-corrected chi connectivity index (χ3v) is 2.52. The Morgan fingerprint density at radius 2 is 0.545 bits per heavy atom. The van der Waals surface area contributed by atoms with E-state index in [1.807, 2.05) is 0 Å². The lowest BCUT2D eigenvalue weighted by Gasteiger charge is -2.49. The van der Waals surface area contributed by atoms with Crippen molar-refractivity contribution in [3.8, 4) is 0 Å². The second kappa shape index (κ2) is 4.24. The van der Waals surface area contributed by atoms with Gasteiger partial charge in [-0.1, -0.05) is 0 Å². The fraction of sp³-hybridized carbons (Fsp3) is 0.857. The average molecular weight is 360 g/mol. The minimum absolute atomic E-state index is 0.583. The molecule has 0 atom stereocenters. The molecule has 0 bridgehead atoms. The predicted octanol–water partition coefficient (Wildman–Crippen LogP) is 3.88. The van der Waals surface area contributed by atoms with Crippen molar-refractivity contribution in [2.45, 2.75) is 35.5 Å². The monoisotopic (exact) mass is 360 g/mol. The molecule has 0 aromatic rings. The molecule has 2 fully saturated rings. The molecule has 0 aromatic carbocycles. The van der Waals surface area contributed by atoms with E-state index < -0.39 is 41.7 Å². The van der Waals surface area contributed by atoms with E-state index in [2.05, 4.69) is 9.78 Å². The SMILES string of the molecule is FC1(F)C(F)(F)C(F)(F)C(F)(F)C(F)(F)C1(F)F.O=C1OO1. The van der Waals surface area contributed by atoms with Crippen LogP contribution in [-0.2, 0) is 9.78 Å². The summed E-state index contributed by atoms with van der Waals surface area (Å²) < 4.78 is 148. The normalized spacial score (nSPS) is 31.0. The van der Waals surface area contributed by atoms with Crippen LogP contribution in [0.2, 0.25) is 0 Å². The van der Waals surface area contributed by atoms with Crippen LogP contribution < -0.4 is 0 Å². The third-order valence-electron chi connectivity index (χ3n) is 2.52. The molecule has 1 aliphatic heterocycles. The summed E-state index contributed by atoms with van der Waals surface area (Å²) in [4.78, 5) is 16.2. The zero-order valence-corrected chi connectivity index (χ0v) is 9.26. The van der Waals surface area contributed by atoms with Gasteiger partial charge in [0.25, 0.3) is 0 Å². The van der Waals surface area contributed by atoms with Crippen LogP contribution in [0.15, 0.2) is 0 Å². The van der Waals surface area contributed by atoms with Crippen LogP contribution in [0.5, 0.6) is 0 Å². The van der Waals surface area contributed by atoms with Gasteiger partial charge < -0.3 is 0 Å². The second-order valence-corrected chi connectivity index (χ2v) is 3.86. The van der Waals surface area contributed by atoms with Gasteiger partial charge in [0.15, 0.2) is 0 Å². The summed E-state index contributed by atoms with van der Waals surface area (Å²) in [6.07, 6.45) is -0.583. The molecule has 0 N–H and O–H groups in total. The lowest BCUT2D eigenvalue weighted by molar-refractivity contribution is -0.506. The van der Waals surface area contributed by atoms with Gasteiger partial charge in [0.05, 0.1) is 0 Å². The Kier molecular flexibility index (Phi) is 3.57. The molecule has 0 amide bonds. The van der Waals surface area contributed by atoms with Crippen LogP contribution in [0.4, 0.5) is 57.5 Å². The maximum Gasteiger partial charge on any atom is 0.592 e. The quantitative estimate of drug-likeness (QED) is 0.374. The van der Waals surface area contributed by atoms with Crippen LogP contribution in [-0.4, -0.2) is 41.7 Å². The molecule has 1 heterocycles. The maximum atomic E-state index is 12.3. The molecule has 3 nitrogen and oxygen atoms in total. The van der Waals surface area contributed by atoms with Crippen LogP contribution >= 0.6 is 0 Å². The van der Waals surface area contributed by atoms with Crippen LogP contribution in [0.3, 0.4) is 0 Å². The highest BCUT2D eigenvalue weighted by Gasteiger charge is 3.02. The lowest BCUT2D eigenvalue weighted by Crippen LogP contribution is -2.82. The van der Waals surface area contributed by atoms with E-state index in [0.29, 0.717) is 0 Å². The van der Waals surface area contributed by atoms with E-state index >= 15 is 0 Å². The van der Waals surface area contributed by atoms with Gasteiger partial charge in [-0.25, -0.2) is 0 Å². The first kappa shape index (κ1) is 18.5. The number of carbonyl (C=O) groups is 1. The van der Waals surface area contributed by atoms with Crippen molar-refractivity contribution in [3.05, 3.63) is 0 Å². The summed E-state index contributed by atoms with van der Waals surface area (Å²) >= 11 is 0. The van der Waals surface area contributed by atoms with E-state index in [0.717, 1.165) is 0 Å². The largest absolute Gasteiger partial charge is 0.592 e. The van der Waals surface area contributed by atoms with E-state index in [1.54, 1.807) is 0 Å². The van der Waals surface area contributed by atoms with Crippen molar-refractivity contribution in [1.82, 2.24) is 0 Å². The standard InChI is InChI=1S/C6F12.CO3/c7-1(8)2(9,10)4(13,14)6(17,18)5(15,16)3(1,11)12;2-1-3-4-1. The fourth-order valence-corrected chi connectivity index (χ4v) is 1.20. The molecule has 130 valence electrons. The summed E-state index contributed by atoms with van der Waals surface area (Å²) in [7, 11) is 0. The summed E-state index contributed by atoms with van der Waals surface area (Å²) in [6, 6.07) is 0. The van der Waals surface area contributed by atoms with Crippen molar-refractivity contribution in [3.63, 3.8) is 0 Å². The number of carbonyl (C=O) groups excluding carboxylic acids is 1. The molecular formula is C7F12O3. The van der Waals surface area contributed by atoms with Crippen LogP contribution in [0.1, 0.15) is 0 Å². The molecule has 0 radical (unpaired) electrons. The number of alkyl halides is 12. The zero-order valence-electron chi connectivity index (χ0n) is 9.26. The van der Waals surface area contributed by atoms with Gasteiger partial charge >= 0.3 is 41.7 Å².